The molecule has 7 heteroatoms. The Kier molecular flexibility index (Phi) is 3.04. The van der Waals surface area contributed by atoms with Crippen LogP contribution in [0, 0.1) is 5.41 Å². The maximum Gasteiger partial charge on any atom is 0.265 e. The molecule has 0 spiro atoms. The summed E-state index contributed by atoms with van der Waals surface area (Å²) >= 11 is 0. The molecule has 7 nitrogen and oxygen atoms in total. The molecule has 3 heterocycles. The van der Waals surface area contributed by atoms with E-state index in [1.165, 1.54) is 4.68 Å². The van der Waals surface area contributed by atoms with E-state index in [0.717, 1.165) is 5.56 Å². The fraction of sp³-hybridized carbons (Fsp3) is 0.357. The Labute approximate surface area is 121 Å². The van der Waals surface area contributed by atoms with Crippen molar-refractivity contribution < 1.29 is 9.59 Å². The van der Waals surface area contributed by atoms with E-state index in [9.17, 15) is 9.59 Å². The third-order valence-corrected chi connectivity index (χ3v) is 4.01. The predicted octanol–water partition coefficient (Wildman–Crippen LogP) is 1.74. The Hall–Kier alpha value is -2.57. The molecule has 2 aromatic heterocycles. The maximum absolute atomic E-state index is 12.6. The van der Waals surface area contributed by atoms with Gasteiger partial charge >= 0.3 is 0 Å². The van der Waals surface area contributed by atoms with Crippen molar-refractivity contribution in [3.63, 3.8) is 0 Å². The lowest BCUT2D eigenvalue weighted by Gasteiger charge is -2.31. The highest BCUT2D eigenvalue weighted by Gasteiger charge is 2.48. The average Bonchev–Trinajstić information content (AvgIpc) is 2.93. The van der Waals surface area contributed by atoms with Crippen LogP contribution in [0.2, 0.25) is 0 Å². The second-order valence-corrected chi connectivity index (χ2v) is 4.96. The monoisotopic (exact) mass is 285 g/mol. The highest BCUT2D eigenvalue weighted by molar-refractivity contribution is 6.14. The van der Waals surface area contributed by atoms with E-state index in [4.69, 9.17) is 0 Å². The standard InChI is InChI=1S/C14H15N5O2/c1-3-14(4-2)11(20)17-13-16-10(18-19(13)12(14)21)9-5-7-15-8-6-9/h5-8H,3-4H2,1-2H3,(H,16,17,18,20). The van der Waals surface area contributed by atoms with Crippen LogP contribution < -0.4 is 5.32 Å². The van der Waals surface area contributed by atoms with Gasteiger partial charge < -0.3 is 0 Å². The zero-order chi connectivity index (χ0) is 15.0. The van der Waals surface area contributed by atoms with E-state index >= 15 is 0 Å². The van der Waals surface area contributed by atoms with Gasteiger partial charge in [-0.05, 0) is 25.0 Å². The lowest BCUT2D eigenvalue weighted by atomic mass is 9.79. The number of carbonyl (C=O) groups is 2. The van der Waals surface area contributed by atoms with Crippen LogP contribution >= 0.6 is 0 Å². The average molecular weight is 285 g/mol. The molecule has 1 N–H and O–H groups in total. The summed E-state index contributed by atoms with van der Waals surface area (Å²) in [6, 6.07) is 3.50. The van der Waals surface area contributed by atoms with E-state index in [0.29, 0.717) is 18.7 Å². The molecule has 0 radical (unpaired) electrons. The molecule has 0 aromatic carbocycles. The molecule has 0 fully saturated rings. The van der Waals surface area contributed by atoms with E-state index in [1.807, 2.05) is 13.8 Å². The Morgan fingerprint density at radius 1 is 1.19 bits per heavy atom. The van der Waals surface area contributed by atoms with Gasteiger partial charge in [-0.1, -0.05) is 13.8 Å². The lowest BCUT2D eigenvalue weighted by molar-refractivity contribution is -0.124. The Bertz CT molecular complexity index is 703. The molecule has 0 saturated heterocycles. The third kappa shape index (κ3) is 1.84. The minimum absolute atomic E-state index is 0.175. The minimum Gasteiger partial charge on any atom is -0.293 e. The molecule has 1 amide bonds. The number of amides is 1. The molecule has 2 aromatic rings. The molecule has 1 aliphatic rings. The van der Waals surface area contributed by atoms with Gasteiger partial charge in [-0.3, -0.25) is 19.9 Å². The first-order valence-corrected chi connectivity index (χ1v) is 6.86. The Balaban J connectivity index is 2.09. The fourth-order valence-corrected chi connectivity index (χ4v) is 2.55. The van der Waals surface area contributed by atoms with Crippen LogP contribution in [0.1, 0.15) is 31.5 Å². The molecule has 21 heavy (non-hydrogen) atoms. The fourth-order valence-electron chi connectivity index (χ4n) is 2.55. The number of anilines is 1. The van der Waals surface area contributed by atoms with Crippen molar-refractivity contribution in [2.24, 2.45) is 5.41 Å². The Morgan fingerprint density at radius 2 is 1.86 bits per heavy atom. The van der Waals surface area contributed by atoms with Gasteiger partial charge in [0.2, 0.25) is 11.9 Å². The number of rotatable bonds is 3. The summed E-state index contributed by atoms with van der Waals surface area (Å²) in [5, 5.41) is 6.93. The van der Waals surface area contributed by atoms with E-state index in [-0.39, 0.29) is 17.8 Å². The van der Waals surface area contributed by atoms with Crippen LogP contribution in [0.25, 0.3) is 11.4 Å². The molecule has 1 aliphatic heterocycles. The molecule has 0 saturated carbocycles. The number of aromatic nitrogens is 4. The van der Waals surface area contributed by atoms with Gasteiger partial charge in [0, 0.05) is 18.0 Å². The predicted molar refractivity (Wildman–Crippen MR) is 75.5 cm³/mol. The van der Waals surface area contributed by atoms with Crippen molar-refractivity contribution in [1.29, 1.82) is 0 Å². The smallest absolute Gasteiger partial charge is 0.265 e. The van der Waals surface area contributed by atoms with E-state index in [1.54, 1.807) is 24.5 Å². The summed E-state index contributed by atoms with van der Waals surface area (Å²) in [5.41, 5.74) is -0.316. The van der Waals surface area contributed by atoms with Gasteiger partial charge in [0.1, 0.15) is 5.41 Å². The van der Waals surface area contributed by atoms with Gasteiger partial charge in [-0.2, -0.15) is 9.67 Å². The van der Waals surface area contributed by atoms with Gasteiger partial charge in [0.15, 0.2) is 5.82 Å². The van der Waals surface area contributed by atoms with Crippen molar-refractivity contribution in [1.82, 2.24) is 19.7 Å². The highest BCUT2D eigenvalue weighted by Crippen LogP contribution is 2.35. The van der Waals surface area contributed by atoms with Crippen molar-refractivity contribution >= 4 is 17.8 Å². The number of hydrogen-bond donors (Lipinski definition) is 1. The summed E-state index contributed by atoms with van der Waals surface area (Å²) in [6.45, 7) is 3.65. The quantitative estimate of drug-likeness (QED) is 0.867. The second kappa shape index (κ2) is 4.76. The molecule has 0 unspecified atom stereocenters. The largest absolute Gasteiger partial charge is 0.293 e. The summed E-state index contributed by atoms with van der Waals surface area (Å²) in [7, 11) is 0. The van der Waals surface area contributed by atoms with Crippen LogP contribution in [0.3, 0.4) is 0 Å². The summed E-state index contributed by atoms with van der Waals surface area (Å²) in [5.74, 6) is -0.0591. The normalized spacial score (nSPS) is 16.5. The molecule has 0 bridgehead atoms. The SMILES string of the molecule is CCC1(CC)C(=O)Nc2nc(-c3ccncc3)nn2C1=O. The zero-order valence-electron chi connectivity index (χ0n) is 11.8. The topological polar surface area (TPSA) is 89.8 Å². The van der Waals surface area contributed by atoms with E-state index < -0.39 is 5.41 Å². The molecular formula is C14H15N5O2. The molecular weight excluding hydrogens is 270 g/mol. The number of nitrogens with zero attached hydrogens (tertiary/aromatic N) is 4. The highest BCUT2D eigenvalue weighted by atomic mass is 16.2. The van der Waals surface area contributed by atoms with Crippen molar-refractivity contribution in [3.8, 4) is 11.4 Å². The van der Waals surface area contributed by atoms with Crippen molar-refractivity contribution in [3.05, 3.63) is 24.5 Å². The lowest BCUT2D eigenvalue weighted by Crippen LogP contribution is -2.49. The van der Waals surface area contributed by atoms with Gasteiger partial charge in [-0.25, -0.2) is 0 Å². The van der Waals surface area contributed by atoms with Crippen LogP contribution in [0.15, 0.2) is 24.5 Å². The number of pyridine rings is 1. The van der Waals surface area contributed by atoms with Crippen LogP contribution in [0.4, 0.5) is 5.95 Å². The van der Waals surface area contributed by atoms with Crippen molar-refractivity contribution in [2.75, 3.05) is 5.32 Å². The second-order valence-electron chi connectivity index (χ2n) is 4.96. The first kappa shape index (κ1) is 13.4. The van der Waals surface area contributed by atoms with Crippen molar-refractivity contribution in [2.45, 2.75) is 26.7 Å². The van der Waals surface area contributed by atoms with Gasteiger partial charge in [0.05, 0.1) is 0 Å². The minimum atomic E-state index is -1.06. The molecule has 108 valence electrons. The van der Waals surface area contributed by atoms with Crippen LogP contribution in [-0.2, 0) is 4.79 Å². The van der Waals surface area contributed by atoms with Crippen LogP contribution in [-0.4, -0.2) is 31.6 Å². The Morgan fingerprint density at radius 3 is 2.48 bits per heavy atom. The number of carbonyl (C=O) groups excluding carboxylic acids is 2. The molecule has 3 rings (SSSR count). The number of nitrogens with one attached hydrogen (secondary N) is 1. The van der Waals surface area contributed by atoms with Gasteiger partial charge in [0.25, 0.3) is 5.91 Å². The maximum atomic E-state index is 12.6. The van der Waals surface area contributed by atoms with E-state index in [2.05, 4.69) is 20.4 Å². The number of hydrogen-bond acceptors (Lipinski definition) is 5. The summed E-state index contributed by atoms with van der Waals surface area (Å²) < 4.78 is 1.20. The van der Waals surface area contributed by atoms with Gasteiger partial charge in [-0.15, -0.1) is 5.10 Å². The molecule has 0 aliphatic carbocycles. The summed E-state index contributed by atoms with van der Waals surface area (Å²) in [4.78, 5) is 33.1. The first-order chi connectivity index (χ1) is 10.1. The summed E-state index contributed by atoms with van der Waals surface area (Å²) in [6.07, 6.45) is 4.10. The number of fused-ring (bicyclic) bond motifs is 1. The zero-order valence-corrected chi connectivity index (χ0v) is 11.8. The third-order valence-electron chi connectivity index (χ3n) is 4.01. The van der Waals surface area contributed by atoms with Crippen LogP contribution in [0.5, 0.6) is 0 Å². The molecule has 0 atom stereocenters. The first-order valence-electron chi connectivity index (χ1n) is 6.86.